The first-order valence-corrected chi connectivity index (χ1v) is 7.77. The maximum atomic E-state index is 4.89. The summed E-state index contributed by atoms with van der Waals surface area (Å²) >= 11 is 3.61. The van der Waals surface area contributed by atoms with Crippen LogP contribution in [0.25, 0.3) is 22.0 Å². The normalized spacial score (nSPS) is 13.4. The molecule has 2 nitrogen and oxygen atoms in total. The van der Waals surface area contributed by atoms with E-state index in [0.29, 0.717) is 0 Å². The van der Waals surface area contributed by atoms with E-state index in [2.05, 4.69) is 40.6 Å². The lowest BCUT2D eigenvalue weighted by Crippen LogP contribution is -2.05. The highest BCUT2D eigenvalue weighted by Gasteiger charge is 2.24. The molecule has 0 aromatic carbocycles. The number of aryl methyl sites for hydroxylation is 1. The van der Waals surface area contributed by atoms with Gasteiger partial charge in [0, 0.05) is 23.2 Å². The lowest BCUT2D eigenvalue weighted by atomic mass is 10.0. The van der Waals surface area contributed by atoms with Gasteiger partial charge in [-0.05, 0) is 35.7 Å². The lowest BCUT2D eigenvalue weighted by Gasteiger charge is -2.12. The van der Waals surface area contributed by atoms with Crippen LogP contribution in [0.5, 0.6) is 0 Å². The van der Waals surface area contributed by atoms with Gasteiger partial charge in [-0.1, -0.05) is 6.07 Å². The summed E-state index contributed by atoms with van der Waals surface area (Å²) < 4.78 is 2.27. The van der Waals surface area contributed by atoms with E-state index in [0.717, 1.165) is 18.7 Å². The fraction of sp³-hybridized carbons (Fsp3) is 0.214. The summed E-state index contributed by atoms with van der Waals surface area (Å²) in [4.78, 5) is 7.62. The van der Waals surface area contributed by atoms with E-state index in [1.54, 1.807) is 11.3 Å². The van der Waals surface area contributed by atoms with Crippen molar-refractivity contribution in [2.24, 2.45) is 7.05 Å². The summed E-state index contributed by atoms with van der Waals surface area (Å²) in [7, 11) is 2.14. The van der Waals surface area contributed by atoms with Crippen molar-refractivity contribution in [3.63, 3.8) is 0 Å². The third-order valence-electron chi connectivity index (χ3n) is 3.54. The third-order valence-corrected chi connectivity index (χ3v) is 5.39. The Morgan fingerprint density at radius 3 is 2.94 bits per heavy atom. The first-order valence-electron chi connectivity index (χ1n) is 6.01. The van der Waals surface area contributed by atoms with Gasteiger partial charge < -0.3 is 4.57 Å². The molecule has 0 fully saturated rings. The van der Waals surface area contributed by atoms with Crippen LogP contribution in [0, 0.1) is 0 Å². The zero-order valence-electron chi connectivity index (χ0n) is 10.0. The fourth-order valence-corrected chi connectivity index (χ4v) is 4.27. The smallest absolute Gasteiger partial charge is 0.150 e. The van der Waals surface area contributed by atoms with Crippen LogP contribution in [0.1, 0.15) is 10.6 Å². The van der Waals surface area contributed by atoms with Crippen molar-refractivity contribution in [2.45, 2.75) is 12.8 Å². The second-order valence-electron chi connectivity index (χ2n) is 4.52. The lowest BCUT2D eigenvalue weighted by molar-refractivity contribution is 0.805. The van der Waals surface area contributed by atoms with Gasteiger partial charge in [-0.2, -0.15) is 0 Å². The first kappa shape index (κ1) is 10.5. The molecular weight excluding hydrogens is 260 g/mol. The van der Waals surface area contributed by atoms with Crippen molar-refractivity contribution in [1.82, 2.24) is 9.55 Å². The quantitative estimate of drug-likeness (QED) is 0.655. The molecule has 0 aliphatic heterocycles. The summed E-state index contributed by atoms with van der Waals surface area (Å²) in [6.45, 7) is 0. The molecule has 0 bridgehead atoms. The molecule has 1 aliphatic carbocycles. The highest BCUT2D eigenvalue weighted by atomic mass is 32.1. The molecule has 1 aliphatic rings. The van der Waals surface area contributed by atoms with Gasteiger partial charge in [0.25, 0.3) is 0 Å². The van der Waals surface area contributed by atoms with Gasteiger partial charge in [0.1, 0.15) is 0 Å². The maximum absolute atomic E-state index is 4.89. The second kappa shape index (κ2) is 3.80. The van der Waals surface area contributed by atoms with Gasteiger partial charge in [0.15, 0.2) is 5.82 Å². The third kappa shape index (κ3) is 1.36. The van der Waals surface area contributed by atoms with Crippen molar-refractivity contribution in [3.05, 3.63) is 39.5 Å². The second-order valence-corrected chi connectivity index (χ2v) is 6.47. The van der Waals surface area contributed by atoms with Crippen molar-refractivity contribution < 1.29 is 0 Å². The van der Waals surface area contributed by atoms with Crippen LogP contribution in [-0.4, -0.2) is 9.55 Å². The minimum absolute atomic E-state index is 1.11. The van der Waals surface area contributed by atoms with Crippen LogP contribution >= 0.6 is 22.7 Å². The summed E-state index contributed by atoms with van der Waals surface area (Å²) in [6.07, 6.45) is 2.27. The molecule has 4 heteroatoms. The zero-order valence-corrected chi connectivity index (χ0v) is 11.6. The number of thiophene rings is 2. The van der Waals surface area contributed by atoms with Crippen LogP contribution in [0.2, 0.25) is 0 Å². The predicted molar refractivity (Wildman–Crippen MR) is 77.2 cm³/mol. The molecule has 3 aromatic rings. The Morgan fingerprint density at radius 1 is 1.17 bits per heavy atom. The van der Waals surface area contributed by atoms with Gasteiger partial charge in [0.05, 0.1) is 10.6 Å². The van der Waals surface area contributed by atoms with Gasteiger partial charge in [0.2, 0.25) is 0 Å². The van der Waals surface area contributed by atoms with Gasteiger partial charge in [-0.25, -0.2) is 4.98 Å². The maximum Gasteiger partial charge on any atom is 0.150 e. The molecule has 0 radical (unpaired) electrons. The monoisotopic (exact) mass is 272 g/mol. The molecule has 0 unspecified atom stereocenters. The minimum Gasteiger partial charge on any atom is -0.330 e. The number of fused-ring (bicyclic) bond motifs is 3. The molecule has 4 rings (SSSR count). The van der Waals surface area contributed by atoms with Crippen molar-refractivity contribution >= 4 is 22.7 Å². The first-order chi connectivity index (χ1) is 8.84. The Hall–Kier alpha value is -1.39. The Kier molecular flexibility index (Phi) is 2.22. The van der Waals surface area contributed by atoms with E-state index in [1.807, 2.05) is 11.3 Å². The largest absolute Gasteiger partial charge is 0.330 e. The Balaban J connectivity index is 1.97. The van der Waals surface area contributed by atoms with E-state index in [1.165, 1.54) is 26.7 Å². The number of hydrogen-bond donors (Lipinski definition) is 0. The molecule has 0 N–H and O–H groups in total. The Bertz CT molecular complexity index is 704. The minimum atomic E-state index is 1.11. The van der Waals surface area contributed by atoms with Crippen molar-refractivity contribution in [2.75, 3.05) is 0 Å². The van der Waals surface area contributed by atoms with Crippen molar-refractivity contribution in [1.29, 1.82) is 0 Å². The van der Waals surface area contributed by atoms with E-state index < -0.39 is 0 Å². The predicted octanol–water partition coefficient (Wildman–Crippen LogP) is 3.98. The SMILES string of the molecule is Cn1c(-c2cccs2)nc2c1CCc1sccc1-2. The van der Waals surface area contributed by atoms with Crippen LogP contribution < -0.4 is 0 Å². The van der Waals surface area contributed by atoms with E-state index in [-0.39, 0.29) is 0 Å². The van der Waals surface area contributed by atoms with Crippen LogP contribution in [0.3, 0.4) is 0 Å². The summed E-state index contributed by atoms with van der Waals surface area (Å²) in [5.74, 6) is 1.11. The standard InChI is InChI=1S/C14H12N2S2/c1-16-10-4-5-11-9(6-8-18-11)13(10)15-14(16)12-3-2-7-17-12/h2-3,6-8H,4-5H2,1H3. The van der Waals surface area contributed by atoms with E-state index in [9.17, 15) is 0 Å². The zero-order chi connectivity index (χ0) is 12.1. The summed E-state index contributed by atoms with van der Waals surface area (Å²) in [5, 5.41) is 4.29. The van der Waals surface area contributed by atoms with Crippen LogP contribution in [0.15, 0.2) is 29.0 Å². The van der Waals surface area contributed by atoms with Gasteiger partial charge in [-0.3, -0.25) is 0 Å². The van der Waals surface area contributed by atoms with Crippen LogP contribution in [-0.2, 0) is 19.9 Å². The molecule has 0 saturated heterocycles. The molecule has 0 amide bonds. The molecular formula is C14H12N2S2. The molecule has 3 aromatic heterocycles. The molecule has 0 atom stereocenters. The van der Waals surface area contributed by atoms with E-state index in [4.69, 9.17) is 4.98 Å². The number of nitrogens with zero attached hydrogens (tertiary/aromatic N) is 2. The molecule has 3 heterocycles. The van der Waals surface area contributed by atoms with E-state index >= 15 is 0 Å². The number of rotatable bonds is 1. The Morgan fingerprint density at radius 2 is 2.11 bits per heavy atom. The van der Waals surface area contributed by atoms with Gasteiger partial charge >= 0.3 is 0 Å². The number of imidazole rings is 1. The highest BCUT2D eigenvalue weighted by Crippen LogP contribution is 2.38. The number of hydrogen-bond acceptors (Lipinski definition) is 3. The Labute approximate surface area is 114 Å². The number of aromatic nitrogens is 2. The highest BCUT2D eigenvalue weighted by molar-refractivity contribution is 7.13. The topological polar surface area (TPSA) is 17.8 Å². The molecule has 90 valence electrons. The average molecular weight is 272 g/mol. The summed E-state index contributed by atoms with van der Waals surface area (Å²) in [6, 6.07) is 6.44. The molecule has 0 saturated carbocycles. The molecule has 18 heavy (non-hydrogen) atoms. The van der Waals surface area contributed by atoms with Crippen LogP contribution in [0.4, 0.5) is 0 Å². The average Bonchev–Trinajstić information content (AvgIpc) is 3.06. The van der Waals surface area contributed by atoms with Gasteiger partial charge in [-0.15, -0.1) is 22.7 Å². The summed E-state index contributed by atoms with van der Waals surface area (Å²) in [5.41, 5.74) is 3.92. The molecule has 0 spiro atoms. The fourth-order valence-electron chi connectivity index (χ4n) is 2.64. The van der Waals surface area contributed by atoms with Crippen molar-refractivity contribution in [3.8, 4) is 22.0 Å².